The molecule has 0 aliphatic heterocycles. The third-order valence-corrected chi connectivity index (χ3v) is 2.84. The van der Waals surface area contributed by atoms with Gasteiger partial charge in [0, 0.05) is 36.3 Å². The average molecular weight is 272 g/mol. The van der Waals surface area contributed by atoms with Crippen molar-refractivity contribution in [2.24, 2.45) is 0 Å². The molecule has 0 radical (unpaired) electrons. The van der Waals surface area contributed by atoms with Gasteiger partial charge in [0.2, 0.25) is 0 Å². The third kappa shape index (κ3) is 4.46. The van der Waals surface area contributed by atoms with Crippen LogP contribution in [0.4, 0.5) is 5.69 Å². The average Bonchev–Trinajstić information content (AvgIpc) is 2.45. The number of ether oxygens (including phenoxy) is 2. The van der Waals surface area contributed by atoms with Crippen LogP contribution in [-0.2, 0) is 6.42 Å². The van der Waals surface area contributed by atoms with Crippen molar-refractivity contribution in [2.75, 3.05) is 18.9 Å². The maximum absolute atomic E-state index is 5.82. The highest BCUT2D eigenvalue weighted by Crippen LogP contribution is 2.24. The lowest BCUT2D eigenvalue weighted by atomic mass is 10.1. The molecule has 2 aromatic rings. The molecule has 0 spiro atoms. The predicted octanol–water partition coefficient (Wildman–Crippen LogP) is 3.07. The molecule has 0 saturated heterocycles. The number of anilines is 1. The van der Waals surface area contributed by atoms with E-state index in [1.165, 1.54) is 5.56 Å². The Morgan fingerprint density at radius 2 is 1.75 bits per heavy atom. The Kier molecular flexibility index (Phi) is 5.24. The van der Waals surface area contributed by atoms with Crippen molar-refractivity contribution in [2.45, 2.75) is 19.8 Å². The Balaban J connectivity index is 1.81. The number of pyridine rings is 1. The standard InChI is InChI=1S/C16H20N2O2/c1-2-19-15-10-14(17)11-16(12-15)20-9-3-4-13-5-7-18-8-6-13/h5-8,10-12H,2-4,9,17H2,1H3. The lowest BCUT2D eigenvalue weighted by molar-refractivity contribution is 0.304. The lowest BCUT2D eigenvalue weighted by Gasteiger charge is -2.10. The highest BCUT2D eigenvalue weighted by Gasteiger charge is 2.01. The molecule has 0 unspecified atom stereocenters. The van der Waals surface area contributed by atoms with Crippen molar-refractivity contribution >= 4 is 5.69 Å². The molecule has 1 heterocycles. The van der Waals surface area contributed by atoms with Crippen LogP contribution in [0.15, 0.2) is 42.7 Å². The second kappa shape index (κ2) is 7.38. The number of nitrogen functional groups attached to an aromatic ring is 1. The molecule has 0 atom stereocenters. The summed E-state index contributed by atoms with van der Waals surface area (Å²) in [6, 6.07) is 9.52. The van der Waals surface area contributed by atoms with E-state index in [9.17, 15) is 0 Å². The Hall–Kier alpha value is -2.23. The zero-order chi connectivity index (χ0) is 14.2. The summed E-state index contributed by atoms with van der Waals surface area (Å²) in [6.07, 6.45) is 5.54. The second-order valence-corrected chi connectivity index (χ2v) is 4.48. The molecule has 0 fully saturated rings. The molecule has 0 saturated carbocycles. The third-order valence-electron chi connectivity index (χ3n) is 2.84. The molecular formula is C16H20N2O2. The van der Waals surface area contributed by atoms with Crippen molar-refractivity contribution < 1.29 is 9.47 Å². The zero-order valence-electron chi connectivity index (χ0n) is 11.7. The molecule has 1 aromatic heterocycles. The normalized spacial score (nSPS) is 10.2. The smallest absolute Gasteiger partial charge is 0.125 e. The van der Waals surface area contributed by atoms with Crippen LogP contribution in [0.2, 0.25) is 0 Å². The number of nitrogens with zero attached hydrogens (tertiary/aromatic N) is 1. The van der Waals surface area contributed by atoms with Crippen molar-refractivity contribution in [3.05, 3.63) is 48.3 Å². The first kappa shape index (κ1) is 14.2. The van der Waals surface area contributed by atoms with Gasteiger partial charge in [-0.05, 0) is 37.5 Å². The van der Waals surface area contributed by atoms with E-state index in [-0.39, 0.29) is 0 Å². The lowest BCUT2D eigenvalue weighted by Crippen LogP contribution is -2.01. The van der Waals surface area contributed by atoms with Crippen LogP contribution in [0.5, 0.6) is 11.5 Å². The fourth-order valence-electron chi connectivity index (χ4n) is 1.94. The fourth-order valence-corrected chi connectivity index (χ4v) is 1.94. The number of rotatable bonds is 7. The Morgan fingerprint density at radius 3 is 2.45 bits per heavy atom. The summed E-state index contributed by atoms with van der Waals surface area (Å²) < 4.78 is 11.2. The van der Waals surface area contributed by atoms with Crippen LogP contribution in [0.1, 0.15) is 18.9 Å². The van der Waals surface area contributed by atoms with E-state index in [0.29, 0.717) is 18.9 Å². The van der Waals surface area contributed by atoms with Gasteiger partial charge < -0.3 is 15.2 Å². The van der Waals surface area contributed by atoms with E-state index in [1.807, 2.05) is 43.6 Å². The highest BCUT2D eigenvalue weighted by molar-refractivity contribution is 5.50. The minimum absolute atomic E-state index is 0.616. The van der Waals surface area contributed by atoms with Gasteiger partial charge in [-0.2, -0.15) is 0 Å². The number of benzene rings is 1. The summed E-state index contributed by atoms with van der Waals surface area (Å²) >= 11 is 0. The first-order valence-corrected chi connectivity index (χ1v) is 6.83. The van der Waals surface area contributed by atoms with Crippen LogP contribution >= 0.6 is 0 Å². The van der Waals surface area contributed by atoms with Gasteiger partial charge >= 0.3 is 0 Å². The second-order valence-electron chi connectivity index (χ2n) is 4.48. The summed E-state index contributed by atoms with van der Waals surface area (Å²) in [5.41, 5.74) is 7.74. The van der Waals surface area contributed by atoms with E-state index in [2.05, 4.69) is 4.98 Å². The molecule has 1 aromatic carbocycles. The van der Waals surface area contributed by atoms with Gasteiger partial charge in [-0.25, -0.2) is 0 Å². The van der Waals surface area contributed by atoms with Crippen LogP contribution < -0.4 is 15.2 Å². The predicted molar refractivity (Wildman–Crippen MR) is 80.1 cm³/mol. The SMILES string of the molecule is CCOc1cc(N)cc(OCCCc2ccncc2)c1. The van der Waals surface area contributed by atoms with Crippen LogP contribution in [0.3, 0.4) is 0 Å². The minimum atomic E-state index is 0.616. The number of hydrogen-bond donors (Lipinski definition) is 1. The van der Waals surface area contributed by atoms with Crippen LogP contribution in [-0.4, -0.2) is 18.2 Å². The summed E-state index contributed by atoms with van der Waals surface area (Å²) in [7, 11) is 0. The fraction of sp³-hybridized carbons (Fsp3) is 0.312. The van der Waals surface area contributed by atoms with Crippen LogP contribution in [0, 0.1) is 0 Å². The monoisotopic (exact) mass is 272 g/mol. The molecule has 20 heavy (non-hydrogen) atoms. The molecular weight excluding hydrogens is 252 g/mol. The van der Waals surface area contributed by atoms with E-state index < -0.39 is 0 Å². The maximum atomic E-state index is 5.82. The number of aryl methyl sites for hydroxylation is 1. The first-order valence-electron chi connectivity index (χ1n) is 6.83. The minimum Gasteiger partial charge on any atom is -0.494 e. The van der Waals surface area contributed by atoms with Gasteiger partial charge in [0.25, 0.3) is 0 Å². The van der Waals surface area contributed by atoms with Gasteiger partial charge in [0.1, 0.15) is 11.5 Å². The quantitative estimate of drug-likeness (QED) is 0.621. The van der Waals surface area contributed by atoms with Crippen molar-refractivity contribution in [3.63, 3.8) is 0 Å². The van der Waals surface area contributed by atoms with Crippen molar-refractivity contribution in [3.8, 4) is 11.5 Å². The molecule has 106 valence electrons. The highest BCUT2D eigenvalue weighted by atomic mass is 16.5. The van der Waals surface area contributed by atoms with Gasteiger partial charge in [-0.1, -0.05) is 0 Å². The van der Waals surface area contributed by atoms with Gasteiger partial charge in [-0.3, -0.25) is 4.98 Å². The van der Waals surface area contributed by atoms with Crippen molar-refractivity contribution in [1.29, 1.82) is 0 Å². The van der Waals surface area contributed by atoms with Crippen LogP contribution in [0.25, 0.3) is 0 Å². The number of nitrogens with two attached hydrogens (primary N) is 1. The molecule has 0 amide bonds. The first-order chi connectivity index (χ1) is 9.78. The summed E-state index contributed by atoms with van der Waals surface area (Å²) in [5.74, 6) is 1.50. The summed E-state index contributed by atoms with van der Waals surface area (Å²) in [4.78, 5) is 4.00. The summed E-state index contributed by atoms with van der Waals surface area (Å²) in [6.45, 7) is 3.21. The Bertz CT molecular complexity index is 529. The van der Waals surface area contributed by atoms with Gasteiger partial charge in [0.05, 0.1) is 13.2 Å². The number of aromatic nitrogens is 1. The van der Waals surface area contributed by atoms with Crippen molar-refractivity contribution in [1.82, 2.24) is 4.98 Å². The Morgan fingerprint density at radius 1 is 1.05 bits per heavy atom. The molecule has 0 bridgehead atoms. The van der Waals surface area contributed by atoms with E-state index >= 15 is 0 Å². The number of hydrogen-bond acceptors (Lipinski definition) is 4. The zero-order valence-corrected chi connectivity index (χ0v) is 11.7. The Labute approximate surface area is 119 Å². The van der Waals surface area contributed by atoms with Gasteiger partial charge in [0.15, 0.2) is 0 Å². The molecule has 2 rings (SSSR count). The van der Waals surface area contributed by atoms with E-state index in [1.54, 1.807) is 6.07 Å². The largest absolute Gasteiger partial charge is 0.494 e. The maximum Gasteiger partial charge on any atom is 0.125 e. The molecule has 0 aliphatic rings. The molecule has 4 heteroatoms. The topological polar surface area (TPSA) is 57.4 Å². The summed E-state index contributed by atoms with van der Waals surface area (Å²) in [5, 5.41) is 0. The molecule has 4 nitrogen and oxygen atoms in total. The van der Waals surface area contributed by atoms with E-state index in [4.69, 9.17) is 15.2 Å². The van der Waals surface area contributed by atoms with E-state index in [0.717, 1.165) is 24.3 Å². The molecule has 2 N–H and O–H groups in total. The molecule has 0 aliphatic carbocycles. The van der Waals surface area contributed by atoms with Gasteiger partial charge in [-0.15, -0.1) is 0 Å².